The number of oxazole rings is 1. The van der Waals surface area contributed by atoms with Gasteiger partial charge >= 0.3 is 11.9 Å². The largest absolute Gasteiger partial charge is 0.419 e. The normalized spacial score (nSPS) is 12.2. The lowest BCUT2D eigenvalue weighted by molar-refractivity contribution is -0.143. The Labute approximate surface area is 128 Å². The number of aromatic nitrogens is 4. The smallest absolute Gasteiger partial charge is 0.408 e. The average molecular weight is 326 g/mol. The molecule has 0 saturated heterocycles. The highest BCUT2D eigenvalue weighted by Gasteiger charge is 2.29. The Bertz CT molecular complexity index is 891. The Morgan fingerprint density at radius 2 is 2.09 bits per heavy atom. The average Bonchev–Trinajstić information content (AvgIpc) is 2.99. The summed E-state index contributed by atoms with van der Waals surface area (Å²) >= 11 is 0. The van der Waals surface area contributed by atoms with Crippen LogP contribution >= 0.6 is 0 Å². The van der Waals surface area contributed by atoms with Crippen LogP contribution in [0.1, 0.15) is 11.4 Å². The summed E-state index contributed by atoms with van der Waals surface area (Å²) in [4.78, 5) is 15.7. The number of halogens is 3. The topological polar surface area (TPSA) is 65.8 Å². The van der Waals surface area contributed by atoms with Gasteiger partial charge in [-0.15, -0.1) is 0 Å². The minimum atomic E-state index is -4.38. The standard InChI is InChI=1S/C14H13F3N4O2/c1-9-2-3-11-10(6-9)20(13(22)23-11)5-4-12-18-8-19-21(12)7-14(15,16)17/h2-3,6,8H,4-5,7H2,1H3. The van der Waals surface area contributed by atoms with Gasteiger partial charge in [0.2, 0.25) is 0 Å². The van der Waals surface area contributed by atoms with Crippen molar-refractivity contribution < 1.29 is 17.6 Å². The van der Waals surface area contributed by atoms with Crippen molar-refractivity contribution in [3.05, 3.63) is 46.5 Å². The van der Waals surface area contributed by atoms with Crippen LogP contribution in [0.15, 0.2) is 33.7 Å². The fourth-order valence-electron chi connectivity index (χ4n) is 2.38. The van der Waals surface area contributed by atoms with Gasteiger partial charge in [0.25, 0.3) is 0 Å². The number of nitrogens with zero attached hydrogens (tertiary/aromatic N) is 4. The van der Waals surface area contributed by atoms with Crippen molar-refractivity contribution >= 4 is 11.1 Å². The monoisotopic (exact) mass is 326 g/mol. The second-order valence-electron chi connectivity index (χ2n) is 5.19. The molecule has 9 heteroatoms. The summed E-state index contributed by atoms with van der Waals surface area (Å²) in [6.45, 7) is 0.829. The van der Waals surface area contributed by atoms with Crippen LogP contribution in [0, 0.1) is 6.92 Å². The molecule has 2 heterocycles. The molecule has 0 unspecified atom stereocenters. The SMILES string of the molecule is Cc1ccc2oc(=O)n(CCc3ncnn3CC(F)(F)F)c2c1. The fraction of sp³-hybridized carbons (Fsp3) is 0.357. The van der Waals surface area contributed by atoms with E-state index < -0.39 is 18.5 Å². The summed E-state index contributed by atoms with van der Waals surface area (Å²) < 4.78 is 44.7. The molecule has 3 aromatic rings. The van der Waals surface area contributed by atoms with E-state index in [-0.39, 0.29) is 18.8 Å². The Hall–Kier alpha value is -2.58. The molecule has 0 radical (unpaired) electrons. The van der Waals surface area contributed by atoms with Crippen molar-refractivity contribution in [2.45, 2.75) is 32.6 Å². The number of aryl methyl sites for hydroxylation is 3. The van der Waals surface area contributed by atoms with Gasteiger partial charge in [0.15, 0.2) is 5.58 Å². The lowest BCUT2D eigenvalue weighted by atomic mass is 10.2. The molecule has 0 bridgehead atoms. The molecule has 1 aromatic carbocycles. The Morgan fingerprint density at radius 3 is 2.83 bits per heavy atom. The van der Waals surface area contributed by atoms with E-state index in [1.165, 1.54) is 4.57 Å². The van der Waals surface area contributed by atoms with Gasteiger partial charge in [-0.25, -0.2) is 14.5 Å². The zero-order valence-corrected chi connectivity index (χ0v) is 12.2. The summed E-state index contributed by atoms with van der Waals surface area (Å²) in [5, 5.41) is 3.58. The van der Waals surface area contributed by atoms with Gasteiger partial charge in [0.05, 0.1) is 5.52 Å². The van der Waals surface area contributed by atoms with Crippen molar-refractivity contribution in [3.63, 3.8) is 0 Å². The maximum atomic E-state index is 12.5. The number of hydrogen-bond acceptors (Lipinski definition) is 4. The first-order valence-electron chi connectivity index (χ1n) is 6.87. The Balaban J connectivity index is 1.85. The van der Waals surface area contributed by atoms with E-state index in [1.807, 2.05) is 13.0 Å². The number of alkyl halides is 3. The van der Waals surface area contributed by atoms with Gasteiger partial charge < -0.3 is 4.42 Å². The van der Waals surface area contributed by atoms with Gasteiger partial charge in [0.1, 0.15) is 18.7 Å². The summed E-state index contributed by atoms with van der Waals surface area (Å²) in [6.07, 6.45) is -3.17. The van der Waals surface area contributed by atoms with Gasteiger partial charge in [0, 0.05) is 13.0 Å². The van der Waals surface area contributed by atoms with E-state index in [1.54, 1.807) is 12.1 Å². The van der Waals surface area contributed by atoms with E-state index in [0.29, 0.717) is 11.1 Å². The van der Waals surface area contributed by atoms with Gasteiger partial charge in [-0.1, -0.05) is 6.07 Å². The molecule has 0 aliphatic rings. The molecule has 0 N–H and O–H groups in total. The summed E-state index contributed by atoms with van der Waals surface area (Å²) in [5.74, 6) is -0.385. The molecule has 122 valence electrons. The molecular formula is C14H13F3N4O2. The van der Waals surface area contributed by atoms with Crippen molar-refractivity contribution in [2.24, 2.45) is 0 Å². The molecule has 3 rings (SSSR count). The van der Waals surface area contributed by atoms with Crippen molar-refractivity contribution in [1.29, 1.82) is 0 Å². The second kappa shape index (κ2) is 5.56. The predicted octanol–water partition coefficient (Wildman–Crippen LogP) is 2.30. The quantitative estimate of drug-likeness (QED) is 0.738. The van der Waals surface area contributed by atoms with Crippen LogP contribution in [0.5, 0.6) is 0 Å². The number of rotatable bonds is 4. The third kappa shape index (κ3) is 3.27. The Kier molecular flexibility index (Phi) is 3.70. The summed E-state index contributed by atoms with van der Waals surface area (Å²) in [5.41, 5.74) is 2.00. The molecule has 0 amide bonds. The van der Waals surface area contributed by atoms with Gasteiger partial charge in [-0.2, -0.15) is 18.3 Å². The fourth-order valence-corrected chi connectivity index (χ4v) is 2.38. The zero-order valence-electron chi connectivity index (χ0n) is 12.2. The minimum absolute atomic E-state index is 0.137. The van der Waals surface area contributed by atoms with Crippen LogP contribution in [0.2, 0.25) is 0 Å². The van der Waals surface area contributed by atoms with Crippen molar-refractivity contribution in [3.8, 4) is 0 Å². The third-order valence-corrected chi connectivity index (χ3v) is 3.41. The maximum absolute atomic E-state index is 12.5. The van der Waals surface area contributed by atoms with Crippen molar-refractivity contribution in [2.75, 3.05) is 0 Å². The van der Waals surface area contributed by atoms with Crippen LogP contribution in [0.4, 0.5) is 13.2 Å². The summed E-state index contributed by atoms with van der Waals surface area (Å²) in [6, 6.07) is 5.30. The third-order valence-electron chi connectivity index (χ3n) is 3.41. The van der Waals surface area contributed by atoms with E-state index in [4.69, 9.17) is 4.42 Å². The molecule has 0 aliphatic carbocycles. The molecule has 0 atom stereocenters. The molecule has 0 spiro atoms. The van der Waals surface area contributed by atoms with Crippen LogP contribution in [0.3, 0.4) is 0 Å². The zero-order chi connectivity index (χ0) is 16.6. The van der Waals surface area contributed by atoms with Gasteiger partial charge in [-0.3, -0.25) is 4.57 Å². The molecule has 0 saturated carbocycles. The molecule has 0 fully saturated rings. The first-order chi connectivity index (χ1) is 10.8. The number of benzene rings is 1. The lowest BCUT2D eigenvalue weighted by Gasteiger charge is -2.09. The number of hydrogen-bond donors (Lipinski definition) is 0. The van der Waals surface area contributed by atoms with Crippen LogP contribution in [-0.4, -0.2) is 25.5 Å². The summed E-state index contributed by atoms with van der Waals surface area (Å²) in [7, 11) is 0. The first kappa shape index (κ1) is 15.3. The first-order valence-corrected chi connectivity index (χ1v) is 6.87. The molecule has 2 aromatic heterocycles. The van der Waals surface area contributed by atoms with Gasteiger partial charge in [-0.05, 0) is 24.6 Å². The van der Waals surface area contributed by atoms with Crippen LogP contribution in [-0.2, 0) is 19.5 Å². The molecular weight excluding hydrogens is 313 g/mol. The highest BCUT2D eigenvalue weighted by atomic mass is 19.4. The van der Waals surface area contributed by atoms with E-state index in [2.05, 4.69) is 10.1 Å². The second-order valence-corrected chi connectivity index (χ2v) is 5.19. The molecule has 6 nitrogen and oxygen atoms in total. The van der Waals surface area contributed by atoms with E-state index >= 15 is 0 Å². The van der Waals surface area contributed by atoms with Crippen LogP contribution in [0.25, 0.3) is 11.1 Å². The van der Waals surface area contributed by atoms with Crippen molar-refractivity contribution in [1.82, 2.24) is 19.3 Å². The number of fused-ring (bicyclic) bond motifs is 1. The Morgan fingerprint density at radius 1 is 1.30 bits per heavy atom. The lowest BCUT2D eigenvalue weighted by Crippen LogP contribution is -2.22. The highest BCUT2D eigenvalue weighted by molar-refractivity contribution is 5.73. The molecule has 0 aliphatic heterocycles. The highest BCUT2D eigenvalue weighted by Crippen LogP contribution is 2.18. The minimum Gasteiger partial charge on any atom is -0.408 e. The van der Waals surface area contributed by atoms with E-state index in [9.17, 15) is 18.0 Å². The maximum Gasteiger partial charge on any atom is 0.419 e. The van der Waals surface area contributed by atoms with E-state index in [0.717, 1.165) is 16.6 Å². The molecule has 23 heavy (non-hydrogen) atoms. The predicted molar refractivity (Wildman–Crippen MR) is 75.0 cm³/mol. The van der Waals surface area contributed by atoms with Crippen LogP contribution < -0.4 is 5.76 Å².